The molecule has 0 atom stereocenters. The highest BCUT2D eigenvalue weighted by Crippen LogP contribution is 2.15. The molecule has 3 heteroatoms. The molecule has 0 saturated heterocycles. The third kappa shape index (κ3) is 3.30. The van der Waals surface area contributed by atoms with Crippen LogP contribution in [-0.4, -0.2) is 11.6 Å². The van der Waals surface area contributed by atoms with Crippen LogP contribution in [0.15, 0.2) is 29.8 Å². The van der Waals surface area contributed by atoms with Crippen molar-refractivity contribution in [3.8, 4) is 5.75 Å². The van der Waals surface area contributed by atoms with Crippen molar-refractivity contribution in [3.63, 3.8) is 0 Å². The van der Waals surface area contributed by atoms with Crippen molar-refractivity contribution in [2.45, 2.75) is 26.7 Å². The van der Waals surface area contributed by atoms with Crippen molar-refractivity contribution < 1.29 is 4.74 Å². The third-order valence-corrected chi connectivity index (χ3v) is 3.77. The number of aromatic nitrogens is 1. The second-order valence-electron chi connectivity index (χ2n) is 3.96. The summed E-state index contributed by atoms with van der Waals surface area (Å²) in [5.41, 5.74) is 4.36. The van der Waals surface area contributed by atoms with Gasteiger partial charge < -0.3 is 4.74 Å². The van der Waals surface area contributed by atoms with E-state index in [4.69, 9.17) is 4.74 Å². The highest BCUT2D eigenvalue weighted by Gasteiger charge is 2.01. The zero-order valence-electron chi connectivity index (χ0n) is 10.3. The first kappa shape index (κ1) is 12.1. The Hall–Kier alpha value is -1.35. The molecule has 0 aliphatic rings. The molecule has 1 heterocycles. The van der Waals surface area contributed by atoms with Crippen LogP contribution < -0.4 is 4.74 Å². The van der Waals surface area contributed by atoms with Crippen LogP contribution in [0.25, 0.3) is 0 Å². The monoisotopic (exact) mass is 247 g/mol. The zero-order chi connectivity index (χ0) is 12.1. The van der Waals surface area contributed by atoms with Crippen LogP contribution in [0.5, 0.6) is 5.75 Å². The summed E-state index contributed by atoms with van der Waals surface area (Å²) in [7, 11) is 0. The van der Waals surface area contributed by atoms with E-state index in [9.17, 15) is 0 Å². The van der Waals surface area contributed by atoms with Gasteiger partial charge in [-0.05, 0) is 31.0 Å². The van der Waals surface area contributed by atoms with Gasteiger partial charge in [0.05, 0.1) is 17.8 Å². The molecule has 2 rings (SSSR count). The molecule has 1 aromatic carbocycles. The van der Waals surface area contributed by atoms with E-state index >= 15 is 0 Å². The van der Waals surface area contributed by atoms with Crippen molar-refractivity contribution in [2.75, 3.05) is 6.61 Å². The van der Waals surface area contributed by atoms with Gasteiger partial charge in [0.2, 0.25) is 0 Å². The van der Waals surface area contributed by atoms with Gasteiger partial charge in [0.25, 0.3) is 0 Å². The average molecular weight is 247 g/mol. The van der Waals surface area contributed by atoms with Crippen molar-refractivity contribution in [1.29, 1.82) is 0 Å². The number of rotatable bonds is 5. The highest BCUT2D eigenvalue weighted by molar-refractivity contribution is 7.09. The van der Waals surface area contributed by atoms with Crippen molar-refractivity contribution in [3.05, 3.63) is 45.9 Å². The first-order chi connectivity index (χ1) is 8.29. The fourth-order valence-corrected chi connectivity index (χ4v) is 2.41. The number of aryl methyl sites for hydroxylation is 2. The van der Waals surface area contributed by atoms with Gasteiger partial charge in [-0.1, -0.05) is 19.1 Å². The van der Waals surface area contributed by atoms with E-state index in [0.717, 1.165) is 24.3 Å². The van der Waals surface area contributed by atoms with E-state index in [2.05, 4.69) is 24.0 Å². The lowest BCUT2D eigenvalue weighted by Crippen LogP contribution is -2.01. The molecule has 0 radical (unpaired) electrons. The van der Waals surface area contributed by atoms with Gasteiger partial charge >= 0.3 is 0 Å². The van der Waals surface area contributed by atoms with E-state index in [0.29, 0.717) is 6.61 Å². The maximum atomic E-state index is 5.71. The summed E-state index contributed by atoms with van der Waals surface area (Å²) in [6.45, 7) is 4.92. The number of ether oxygens (including phenoxy) is 1. The van der Waals surface area contributed by atoms with Gasteiger partial charge in [0.1, 0.15) is 5.75 Å². The third-order valence-electron chi connectivity index (χ3n) is 2.77. The molecule has 0 bridgehead atoms. The van der Waals surface area contributed by atoms with Gasteiger partial charge in [-0.25, -0.2) is 4.98 Å². The molecule has 90 valence electrons. The Kier molecular flexibility index (Phi) is 4.15. The van der Waals surface area contributed by atoms with Crippen molar-refractivity contribution in [1.82, 2.24) is 4.98 Å². The predicted molar refractivity (Wildman–Crippen MR) is 71.9 cm³/mol. The highest BCUT2D eigenvalue weighted by atomic mass is 32.1. The lowest BCUT2D eigenvalue weighted by molar-refractivity contribution is 0.322. The molecular formula is C14H17NOS. The van der Waals surface area contributed by atoms with Crippen LogP contribution in [0, 0.1) is 6.92 Å². The van der Waals surface area contributed by atoms with Gasteiger partial charge in [0.15, 0.2) is 0 Å². The first-order valence-electron chi connectivity index (χ1n) is 5.90. The molecule has 0 amide bonds. The molecule has 0 saturated carbocycles. The van der Waals surface area contributed by atoms with Crippen LogP contribution in [0.1, 0.15) is 23.1 Å². The van der Waals surface area contributed by atoms with Gasteiger partial charge in [-0.3, -0.25) is 0 Å². The van der Waals surface area contributed by atoms with Crippen LogP contribution >= 0.6 is 11.3 Å². The SMILES string of the molecule is CCc1ccc(OCCc2scnc2C)cc1. The molecule has 0 fully saturated rings. The van der Waals surface area contributed by atoms with E-state index < -0.39 is 0 Å². The molecule has 0 aliphatic carbocycles. The normalized spacial score (nSPS) is 10.5. The second-order valence-corrected chi connectivity index (χ2v) is 4.90. The summed E-state index contributed by atoms with van der Waals surface area (Å²) in [6.07, 6.45) is 2.01. The summed E-state index contributed by atoms with van der Waals surface area (Å²) in [5, 5.41) is 0. The smallest absolute Gasteiger partial charge is 0.119 e. The van der Waals surface area contributed by atoms with Gasteiger partial charge in [0, 0.05) is 11.3 Å². The number of benzene rings is 1. The first-order valence-corrected chi connectivity index (χ1v) is 6.78. The Morgan fingerprint density at radius 1 is 1.24 bits per heavy atom. The summed E-state index contributed by atoms with van der Waals surface area (Å²) < 4.78 is 5.71. The van der Waals surface area contributed by atoms with Gasteiger partial charge in [-0.2, -0.15) is 0 Å². The minimum atomic E-state index is 0.717. The quantitative estimate of drug-likeness (QED) is 0.805. The summed E-state index contributed by atoms with van der Waals surface area (Å²) in [4.78, 5) is 5.54. The number of thiazole rings is 1. The Morgan fingerprint density at radius 3 is 2.59 bits per heavy atom. The fraction of sp³-hybridized carbons (Fsp3) is 0.357. The van der Waals surface area contributed by atoms with E-state index in [1.165, 1.54) is 10.4 Å². The molecule has 2 aromatic rings. The molecule has 17 heavy (non-hydrogen) atoms. The van der Waals surface area contributed by atoms with E-state index in [1.807, 2.05) is 24.6 Å². The Balaban J connectivity index is 1.83. The largest absolute Gasteiger partial charge is 0.493 e. The molecule has 0 N–H and O–H groups in total. The Bertz CT molecular complexity index is 461. The molecule has 0 unspecified atom stereocenters. The standard InChI is InChI=1S/C14H17NOS/c1-3-12-4-6-13(7-5-12)16-9-8-14-11(2)15-10-17-14/h4-7,10H,3,8-9H2,1-2H3. The molecule has 2 nitrogen and oxygen atoms in total. The summed E-state index contributed by atoms with van der Waals surface area (Å²) in [6, 6.07) is 8.32. The molecular weight excluding hydrogens is 230 g/mol. The van der Waals surface area contributed by atoms with E-state index in [-0.39, 0.29) is 0 Å². The van der Waals surface area contributed by atoms with E-state index in [1.54, 1.807) is 11.3 Å². The number of hydrogen-bond acceptors (Lipinski definition) is 3. The average Bonchev–Trinajstić information content (AvgIpc) is 2.76. The topological polar surface area (TPSA) is 22.1 Å². The van der Waals surface area contributed by atoms with Crippen LogP contribution in [0.4, 0.5) is 0 Å². The lowest BCUT2D eigenvalue weighted by Gasteiger charge is -2.06. The van der Waals surface area contributed by atoms with Crippen LogP contribution in [0.3, 0.4) is 0 Å². The van der Waals surface area contributed by atoms with Gasteiger partial charge in [-0.15, -0.1) is 11.3 Å². The van der Waals surface area contributed by atoms with Crippen LogP contribution in [-0.2, 0) is 12.8 Å². The zero-order valence-corrected chi connectivity index (χ0v) is 11.1. The second kappa shape index (κ2) is 5.82. The lowest BCUT2D eigenvalue weighted by atomic mass is 10.2. The Morgan fingerprint density at radius 2 is 2.00 bits per heavy atom. The summed E-state index contributed by atoms with van der Waals surface area (Å²) >= 11 is 1.70. The molecule has 0 spiro atoms. The number of nitrogens with zero attached hydrogens (tertiary/aromatic N) is 1. The Labute approximate surface area is 106 Å². The minimum absolute atomic E-state index is 0.717. The number of hydrogen-bond donors (Lipinski definition) is 0. The van der Waals surface area contributed by atoms with Crippen molar-refractivity contribution >= 4 is 11.3 Å². The minimum Gasteiger partial charge on any atom is -0.493 e. The van der Waals surface area contributed by atoms with Crippen LogP contribution in [0.2, 0.25) is 0 Å². The molecule has 0 aliphatic heterocycles. The molecule has 1 aromatic heterocycles. The predicted octanol–water partition coefficient (Wildman–Crippen LogP) is 3.64. The maximum absolute atomic E-state index is 5.71. The maximum Gasteiger partial charge on any atom is 0.119 e. The summed E-state index contributed by atoms with van der Waals surface area (Å²) in [5.74, 6) is 0.948. The fourth-order valence-electron chi connectivity index (χ4n) is 1.65. The van der Waals surface area contributed by atoms with Crippen molar-refractivity contribution in [2.24, 2.45) is 0 Å².